The molecule has 0 N–H and O–H groups in total. The van der Waals surface area contributed by atoms with Gasteiger partial charge in [0.05, 0.1) is 32.8 Å². The molecule has 2 saturated carbocycles. The number of fused-ring (bicyclic) bond motifs is 2. The molecule has 1 aromatic carbocycles. The van der Waals surface area contributed by atoms with Gasteiger partial charge in [-0.25, -0.2) is 0 Å². The van der Waals surface area contributed by atoms with Crippen LogP contribution in [0.3, 0.4) is 0 Å². The van der Waals surface area contributed by atoms with Crippen LogP contribution in [0.25, 0.3) is 0 Å². The molecule has 1 heterocycles. The fourth-order valence-corrected chi connectivity index (χ4v) is 6.43. The lowest BCUT2D eigenvalue weighted by Gasteiger charge is -2.52. The summed E-state index contributed by atoms with van der Waals surface area (Å²) in [5.41, 5.74) is 2.24. The lowest BCUT2D eigenvalue weighted by atomic mass is 9.57. The first-order valence-corrected chi connectivity index (χ1v) is 12.7. The zero-order valence-corrected chi connectivity index (χ0v) is 22.8. The predicted octanol–water partition coefficient (Wildman–Crippen LogP) is 3.45. The fraction of sp³-hybridized carbons (Fsp3) is 0.741. The van der Waals surface area contributed by atoms with Crippen molar-refractivity contribution < 1.29 is 23.7 Å². The molecule has 4 unspecified atom stereocenters. The zero-order chi connectivity index (χ0) is 24.2. The SMILES string of the molecule is COc1cc2c(cc1OC)CC(=O)N(CCCN(C)C[C@H]1CC3CC(OC)C(OC)CC31)CC2.Cl. The van der Waals surface area contributed by atoms with Crippen LogP contribution in [0.1, 0.15) is 36.8 Å². The van der Waals surface area contributed by atoms with Crippen LogP contribution < -0.4 is 9.47 Å². The number of carbonyl (C=O) groups excluding carboxylic acids is 1. The molecular formula is C27H43ClN2O5. The van der Waals surface area contributed by atoms with Gasteiger partial charge in [0.15, 0.2) is 11.5 Å². The molecule has 0 bridgehead atoms. The standard InChI is InChI=1S/C27H42N2O5.ClH/c1-28(17-21-11-20-14-25(33-4)26(34-5)16-22(20)21)8-6-9-29-10-7-18-12-23(31-2)24(32-3)13-19(18)15-27(29)30;/h12-13,20-22,25-26H,6-11,14-17H2,1-5H3;1H/t20?,21-,22?,25?,26?;/m1./s1. The van der Waals surface area contributed by atoms with E-state index in [9.17, 15) is 4.79 Å². The molecule has 1 aliphatic heterocycles. The first-order valence-electron chi connectivity index (χ1n) is 12.7. The quantitative estimate of drug-likeness (QED) is 0.480. The molecule has 2 aliphatic carbocycles. The second-order valence-electron chi connectivity index (χ2n) is 10.3. The minimum Gasteiger partial charge on any atom is -0.493 e. The second-order valence-corrected chi connectivity index (χ2v) is 10.3. The number of halogens is 1. The Kier molecular flexibility index (Phi) is 10.1. The van der Waals surface area contributed by atoms with Gasteiger partial charge in [0, 0.05) is 33.9 Å². The van der Waals surface area contributed by atoms with Crippen LogP contribution >= 0.6 is 12.4 Å². The average Bonchev–Trinajstić information content (AvgIpc) is 2.98. The van der Waals surface area contributed by atoms with Crippen molar-refractivity contribution in [2.45, 2.75) is 50.7 Å². The van der Waals surface area contributed by atoms with Crippen LogP contribution in [0, 0.1) is 17.8 Å². The van der Waals surface area contributed by atoms with E-state index in [4.69, 9.17) is 18.9 Å². The molecule has 7 nitrogen and oxygen atoms in total. The van der Waals surface area contributed by atoms with Crippen molar-refractivity contribution in [3.8, 4) is 11.5 Å². The third-order valence-electron chi connectivity index (χ3n) is 8.44. The largest absolute Gasteiger partial charge is 0.493 e. The first-order chi connectivity index (χ1) is 16.5. The van der Waals surface area contributed by atoms with Crippen LogP contribution in [0.4, 0.5) is 0 Å². The van der Waals surface area contributed by atoms with E-state index >= 15 is 0 Å². The van der Waals surface area contributed by atoms with Crippen LogP contribution in [0.15, 0.2) is 12.1 Å². The lowest BCUT2D eigenvalue weighted by molar-refractivity contribution is -0.131. The highest BCUT2D eigenvalue weighted by Gasteiger charge is 2.48. The van der Waals surface area contributed by atoms with Gasteiger partial charge in [-0.15, -0.1) is 12.4 Å². The average molecular weight is 511 g/mol. The maximum Gasteiger partial charge on any atom is 0.227 e. The van der Waals surface area contributed by atoms with Gasteiger partial charge in [0.25, 0.3) is 0 Å². The van der Waals surface area contributed by atoms with Crippen LogP contribution in [0.2, 0.25) is 0 Å². The number of amides is 1. The number of benzene rings is 1. The molecule has 0 radical (unpaired) electrons. The Bertz CT molecular complexity index is 853. The molecule has 5 atom stereocenters. The maximum absolute atomic E-state index is 12.9. The summed E-state index contributed by atoms with van der Waals surface area (Å²) in [6.07, 6.45) is 6.33. The number of methoxy groups -OCH3 is 4. The Morgan fingerprint density at radius 1 is 0.971 bits per heavy atom. The van der Waals surface area contributed by atoms with Crippen LogP contribution in [-0.4, -0.2) is 89.6 Å². The Balaban J connectivity index is 0.00000342. The van der Waals surface area contributed by atoms with Crippen molar-refractivity contribution in [2.24, 2.45) is 17.8 Å². The Labute approximate surface area is 216 Å². The summed E-state index contributed by atoms with van der Waals surface area (Å²) in [4.78, 5) is 17.4. The van der Waals surface area contributed by atoms with Crippen molar-refractivity contribution in [3.63, 3.8) is 0 Å². The second kappa shape index (κ2) is 12.6. The molecular weight excluding hydrogens is 468 g/mol. The first kappa shape index (κ1) is 28.0. The molecule has 0 spiro atoms. The molecule has 0 saturated heterocycles. The highest BCUT2D eigenvalue weighted by atomic mass is 35.5. The van der Waals surface area contributed by atoms with Gasteiger partial charge in [-0.1, -0.05) is 0 Å². The van der Waals surface area contributed by atoms with Gasteiger partial charge in [0.2, 0.25) is 5.91 Å². The molecule has 1 aromatic rings. The third-order valence-corrected chi connectivity index (χ3v) is 8.44. The number of carbonyl (C=O) groups is 1. The molecule has 198 valence electrons. The topological polar surface area (TPSA) is 60.5 Å². The fourth-order valence-electron chi connectivity index (χ4n) is 6.43. The summed E-state index contributed by atoms with van der Waals surface area (Å²) in [5, 5.41) is 0. The maximum atomic E-state index is 12.9. The minimum atomic E-state index is 0. The van der Waals surface area contributed by atoms with Gasteiger partial charge >= 0.3 is 0 Å². The van der Waals surface area contributed by atoms with Gasteiger partial charge in [0.1, 0.15) is 0 Å². The number of nitrogens with zero attached hydrogens (tertiary/aromatic N) is 2. The van der Waals surface area contributed by atoms with Gasteiger partial charge in [-0.3, -0.25) is 4.79 Å². The van der Waals surface area contributed by atoms with Gasteiger partial charge in [-0.05, 0) is 86.7 Å². The zero-order valence-electron chi connectivity index (χ0n) is 22.0. The van der Waals surface area contributed by atoms with E-state index in [1.807, 2.05) is 31.3 Å². The summed E-state index contributed by atoms with van der Waals surface area (Å²) in [6, 6.07) is 3.99. The summed E-state index contributed by atoms with van der Waals surface area (Å²) >= 11 is 0. The minimum absolute atomic E-state index is 0. The number of hydrogen-bond donors (Lipinski definition) is 0. The Hall–Kier alpha value is -1.54. The molecule has 8 heteroatoms. The Morgan fingerprint density at radius 2 is 1.63 bits per heavy atom. The van der Waals surface area contributed by atoms with Crippen LogP contribution in [0.5, 0.6) is 11.5 Å². The van der Waals surface area contributed by atoms with E-state index < -0.39 is 0 Å². The van der Waals surface area contributed by atoms with E-state index in [0.717, 1.165) is 80.9 Å². The van der Waals surface area contributed by atoms with Crippen molar-refractivity contribution in [1.82, 2.24) is 9.80 Å². The number of ether oxygens (including phenoxy) is 4. The Morgan fingerprint density at radius 3 is 2.29 bits per heavy atom. The van der Waals surface area contributed by atoms with E-state index in [2.05, 4.69) is 11.9 Å². The highest BCUT2D eigenvalue weighted by Crippen LogP contribution is 2.50. The molecule has 1 amide bonds. The molecule has 0 aromatic heterocycles. The molecule has 4 rings (SSSR count). The van der Waals surface area contributed by atoms with Crippen molar-refractivity contribution in [2.75, 3.05) is 61.7 Å². The third kappa shape index (κ3) is 6.24. The molecule has 35 heavy (non-hydrogen) atoms. The molecule has 3 aliphatic rings. The van der Waals surface area contributed by atoms with Crippen molar-refractivity contribution in [3.05, 3.63) is 23.3 Å². The monoisotopic (exact) mass is 510 g/mol. The van der Waals surface area contributed by atoms with Crippen molar-refractivity contribution in [1.29, 1.82) is 0 Å². The normalized spacial score (nSPS) is 27.9. The number of rotatable bonds is 10. The summed E-state index contributed by atoms with van der Waals surface area (Å²) in [5.74, 6) is 3.94. The van der Waals surface area contributed by atoms with Gasteiger partial charge < -0.3 is 28.7 Å². The van der Waals surface area contributed by atoms with E-state index in [0.29, 0.717) is 12.2 Å². The number of hydrogen-bond acceptors (Lipinski definition) is 6. The van der Waals surface area contributed by atoms with E-state index in [-0.39, 0.29) is 30.5 Å². The highest BCUT2D eigenvalue weighted by molar-refractivity contribution is 5.85. The lowest BCUT2D eigenvalue weighted by Crippen LogP contribution is -2.52. The van der Waals surface area contributed by atoms with Crippen LogP contribution in [-0.2, 0) is 27.1 Å². The predicted molar refractivity (Wildman–Crippen MR) is 139 cm³/mol. The van der Waals surface area contributed by atoms with Crippen molar-refractivity contribution >= 4 is 18.3 Å². The van der Waals surface area contributed by atoms with Gasteiger partial charge in [-0.2, -0.15) is 0 Å². The molecule has 2 fully saturated rings. The van der Waals surface area contributed by atoms with E-state index in [1.54, 1.807) is 14.2 Å². The summed E-state index contributed by atoms with van der Waals surface area (Å²) < 4.78 is 22.2. The van der Waals surface area contributed by atoms with E-state index in [1.165, 1.54) is 12.0 Å². The smallest absolute Gasteiger partial charge is 0.227 e. The summed E-state index contributed by atoms with van der Waals surface area (Å²) in [7, 11) is 9.13. The summed E-state index contributed by atoms with van der Waals surface area (Å²) in [6.45, 7) is 3.72.